The number of halogens is 1. The van der Waals surface area contributed by atoms with Crippen LogP contribution < -0.4 is 10.7 Å². The van der Waals surface area contributed by atoms with Crippen molar-refractivity contribution in [2.75, 3.05) is 0 Å². The van der Waals surface area contributed by atoms with E-state index in [2.05, 4.69) is 40.7 Å². The van der Waals surface area contributed by atoms with Gasteiger partial charge in [0.1, 0.15) is 0 Å². The molecule has 0 amide bonds. The molecule has 24 heavy (non-hydrogen) atoms. The van der Waals surface area contributed by atoms with Crippen LogP contribution in [0.15, 0.2) is 91.0 Å². The summed E-state index contributed by atoms with van der Waals surface area (Å²) >= 11 is 1.86. The van der Waals surface area contributed by atoms with E-state index in [9.17, 15) is 4.79 Å². The molecule has 0 radical (unpaired) electrons. The van der Waals surface area contributed by atoms with Gasteiger partial charge in [0.25, 0.3) is 0 Å². The first-order chi connectivity index (χ1) is 11.8. The Bertz CT molecular complexity index is 695. The molecule has 0 spiro atoms. The molecule has 0 heterocycles. The molecule has 0 aliphatic rings. The third-order valence-corrected chi connectivity index (χ3v) is 18.1. The van der Waals surface area contributed by atoms with Gasteiger partial charge in [-0.2, -0.15) is 0 Å². The molecular weight excluding hydrogens is 426 g/mol. The van der Waals surface area contributed by atoms with Crippen LogP contribution >= 0.6 is 11.9 Å². The summed E-state index contributed by atoms with van der Waals surface area (Å²) in [7, 11) is 0. The minimum absolute atomic E-state index is 0.330. The van der Waals surface area contributed by atoms with Gasteiger partial charge in [0.05, 0.1) is 0 Å². The van der Waals surface area contributed by atoms with Crippen LogP contribution in [0.25, 0.3) is 0 Å². The van der Waals surface area contributed by atoms with E-state index in [0.29, 0.717) is 4.44 Å². The molecule has 0 unspecified atom stereocenters. The fraction of sp³-hybridized carbons (Fsp3) is 0.0500. The van der Waals surface area contributed by atoms with Crippen molar-refractivity contribution in [1.82, 2.24) is 0 Å². The number of rotatable bonds is 5. The fourth-order valence-corrected chi connectivity index (χ4v) is 16.1. The van der Waals surface area contributed by atoms with Gasteiger partial charge in [0.15, 0.2) is 0 Å². The van der Waals surface area contributed by atoms with Crippen LogP contribution in [0.3, 0.4) is 0 Å². The van der Waals surface area contributed by atoms with Gasteiger partial charge in [-0.05, 0) is 0 Å². The second kappa shape index (κ2) is 7.86. The standard InChI is InChI=1S/3C6H5.C2H2ClO2.Sn/c3*1-2-4-6-5-3-1;1-2(4)5-3;/h3*1-5H;1H2;. The van der Waals surface area contributed by atoms with Gasteiger partial charge in [-0.3, -0.25) is 0 Å². The third kappa shape index (κ3) is 3.35. The Morgan fingerprint density at radius 2 is 1.04 bits per heavy atom. The molecule has 0 N–H and O–H groups in total. The zero-order valence-electron chi connectivity index (χ0n) is 13.1. The van der Waals surface area contributed by atoms with Crippen molar-refractivity contribution in [3.05, 3.63) is 91.0 Å². The van der Waals surface area contributed by atoms with Gasteiger partial charge >= 0.3 is 151 Å². The Labute approximate surface area is 151 Å². The molecule has 0 fully saturated rings. The van der Waals surface area contributed by atoms with E-state index in [4.69, 9.17) is 11.9 Å². The molecule has 0 saturated heterocycles. The van der Waals surface area contributed by atoms with E-state index in [1.807, 2.05) is 54.6 Å². The van der Waals surface area contributed by atoms with Crippen molar-refractivity contribution in [3.63, 3.8) is 0 Å². The summed E-state index contributed by atoms with van der Waals surface area (Å²) in [6.07, 6.45) is 0. The van der Waals surface area contributed by atoms with Gasteiger partial charge < -0.3 is 0 Å². The number of hydrogen-bond acceptors (Lipinski definition) is 2. The Morgan fingerprint density at radius 3 is 1.33 bits per heavy atom. The topological polar surface area (TPSA) is 26.3 Å². The van der Waals surface area contributed by atoms with Crippen molar-refractivity contribution < 1.29 is 9.08 Å². The van der Waals surface area contributed by atoms with E-state index in [-0.39, 0.29) is 5.97 Å². The number of carbonyl (C=O) groups excluding carboxylic acids is 1. The first-order valence-corrected chi connectivity index (χ1v) is 14.4. The molecule has 0 aromatic heterocycles. The van der Waals surface area contributed by atoms with E-state index >= 15 is 0 Å². The van der Waals surface area contributed by atoms with Crippen molar-refractivity contribution in [2.24, 2.45) is 0 Å². The van der Waals surface area contributed by atoms with E-state index in [1.165, 1.54) is 10.7 Å². The quantitative estimate of drug-likeness (QED) is 0.567. The Balaban J connectivity index is 2.30. The first kappa shape index (κ1) is 17.1. The number of carbonyl (C=O) groups is 1. The van der Waals surface area contributed by atoms with E-state index in [0.717, 1.165) is 0 Å². The van der Waals surface area contributed by atoms with Gasteiger partial charge in [0.2, 0.25) is 0 Å². The summed E-state index contributed by atoms with van der Waals surface area (Å²) in [6.45, 7) is 0. The molecule has 120 valence electrons. The van der Waals surface area contributed by atoms with Crippen LogP contribution in [0.5, 0.6) is 0 Å². The predicted molar refractivity (Wildman–Crippen MR) is 101 cm³/mol. The van der Waals surface area contributed by atoms with Crippen LogP contribution in [0.4, 0.5) is 0 Å². The second-order valence-electron chi connectivity index (χ2n) is 5.63. The zero-order chi connectivity index (χ0) is 16.8. The first-order valence-electron chi connectivity index (χ1n) is 7.75. The SMILES string of the molecule is O=C([CH2][Sn]([c]1ccccc1)([c]1ccccc1)[c]1ccccc1)OCl. The Morgan fingerprint density at radius 1 is 0.708 bits per heavy atom. The second-order valence-corrected chi connectivity index (χ2v) is 16.9. The average Bonchev–Trinajstić information content (AvgIpc) is 2.68. The minimum atomic E-state index is -3.54. The Kier molecular flexibility index (Phi) is 5.59. The van der Waals surface area contributed by atoms with Crippen molar-refractivity contribution in [3.8, 4) is 0 Å². The zero-order valence-corrected chi connectivity index (χ0v) is 16.7. The molecule has 3 aromatic carbocycles. The molecule has 0 aliphatic carbocycles. The van der Waals surface area contributed by atoms with Crippen molar-refractivity contribution >= 4 is 47.0 Å². The van der Waals surface area contributed by atoms with Crippen LogP contribution in [0.2, 0.25) is 4.44 Å². The van der Waals surface area contributed by atoms with Gasteiger partial charge in [-0.1, -0.05) is 0 Å². The summed E-state index contributed by atoms with van der Waals surface area (Å²) < 4.78 is 8.57. The molecule has 0 saturated carbocycles. The summed E-state index contributed by atoms with van der Waals surface area (Å²) in [5.74, 6) is -0.371. The van der Waals surface area contributed by atoms with Crippen molar-refractivity contribution in [1.29, 1.82) is 0 Å². The van der Waals surface area contributed by atoms with Gasteiger partial charge in [-0.15, -0.1) is 0 Å². The normalized spacial score (nSPS) is 11.0. The van der Waals surface area contributed by atoms with Crippen molar-refractivity contribution in [2.45, 2.75) is 4.44 Å². The molecule has 4 heteroatoms. The monoisotopic (exact) mass is 444 g/mol. The molecule has 2 nitrogen and oxygen atoms in total. The summed E-state index contributed by atoms with van der Waals surface area (Å²) in [4.78, 5) is 12.2. The third-order valence-electron chi connectivity index (χ3n) is 4.30. The number of benzene rings is 3. The molecule has 3 aromatic rings. The van der Waals surface area contributed by atoms with Gasteiger partial charge in [-0.25, -0.2) is 0 Å². The molecule has 0 bridgehead atoms. The molecule has 0 aliphatic heterocycles. The maximum absolute atomic E-state index is 12.2. The van der Waals surface area contributed by atoms with E-state index < -0.39 is 18.4 Å². The molecule has 3 rings (SSSR count). The average molecular weight is 444 g/mol. The summed E-state index contributed by atoms with van der Waals surface area (Å²) in [6, 6.07) is 30.9. The molecular formula is C20H17ClO2Sn. The van der Waals surface area contributed by atoms with Crippen LogP contribution in [0.1, 0.15) is 0 Å². The number of hydrogen-bond donors (Lipinski definition) is 0. The Hall–Kier alpha value is -1.78. The van der Waals surface area contributed by atoms with Crippen LogP contribution in [-0.4, -0.2) is 24.3 Å². The van der Waals surface area contributed by atoms with E-state index in [1.54, 1.807) is 0 Å². The fourth-order valence-electron chi connectivity index (χ4n) is 3.22. The van der Waals surface area contributed by atoms with Crippen LogP contribution in [-0.2, 0) is 9.08 Å². The predicted octanol–water partition coefficient (Wildman–Crippen LogP) is 2.85. The maximum atomic E-state index is 12.2. The summed E-state index contributed by atoms with van der Waals surface area (Å²) in [5, 5.41) is 0. The van der Waals surface area contributed by atoms with Gasteiger partial charge in [0, 0.05) is 0 Å². The molecule has 0 atom stereocenters. The van der Waals surface area contributed by atoms with Crippen LogP contribution in [0, 0.1) is 0 Å². The summed E-state index contributed by atoms with van der Waals surface area (Å²) in [5.41, 5.74) is 0.